The maximum atomic E-state index is 5.63. The van der Waals surface area contributed by atoms with Gasteiger partial charge in [-0.25, -0.2) is 0 Å². The lowest BCUT2D eigenvalue weighted by Gasteiger charge is -2.17. The first-order valence-electron chi connectivity index (χ1n) is 6.20. The second-order valence-corrected chi connectivity index (χ2v) is 3.84. The normalized spacial score (nSPS) is 10.6. The van der Waals surface area contributed by atoms with E-state index in [1.165, 1.54) is 0 Å². The van der Waals surface area contributed by atoms with E-state index in [0.29, 0.717) is 18.5 Å². The van der Waals surface area contributed by atoms with E-state index in [1.807, 2.05) is 42.2 Å². The topological polar surface area (TPSA) is 54.2 Å². The highest BCUT2D eigenvalue weighted by Gasteiger charge is 2.14. The third-order valence-corrected chi connectivity index (χ3v) is 2.60. The van der Waals surface area contributed by atoms with E-state index in [0.717, 1.165) is 18.8 Å². The number of nitrogens with one attached hydrogen (secondary N) is 1. The highest BCUT2D eigenvalue weighted by molar-refractivity contribution is 5.55. The fourth-order valence-corrected chi connectivity index (χ4v) is 1.69. The first-order valence-corrected chi connectivity index (χ1v) is 6.20. The van der Waals surface area contributed by atoms with E-state index in [1.54, 1.807) is 0 Å². The number of rotatable bonds is 6. The largest absolute Gasteiger partial charge is 0.406 e. The first-order chi connectivity index (χ1) is 8.85. The summed E-state index contributed by atoms with van der Waals surface area (Å²) in [4.78, 5) is 1.99. The zero-order chi connectivity index (χ0) is 12.8. The average molecular weight is 246 g/mol. The molecule has 0 saturated heterocycles. The summed E-state index contributed by atoms with van der Waals surface area (Å²) in [6, 6.07) is 10.6. The third kappa shape index (κ3) is 2.87. The van der Waals surface area contributed by atoms with Gasteiger partial charge in [0.25, 0.3) is 0 Å². The number of anilines is 2. The highest BCUT2D eigenvalue weighted by Crippen LogP contribution is 2.23. The molecule has 0 saturated carbocycles. The molecule has 96 valence electrons. The van der Waals surface area contributed by atoms with Crippen molar-refractivity contribution in [1.29, 1.82) is 0 Å². The minimum atomic E-state index is 0.539. The molecule has 0 aliphatic rings. The number of nitrogens with zero attached hydrogens (tertiary/aromatic N) is 3. The molecular formula is C13H18N4O. The average Bonchev–Trinajstić information content (AvgIpc) is 2.87. The first kappa shape index (κ1) is 12.6. The molecule has 1 aromatic carbocycles. The second kappa shape index (κ2) is 6.16. The predicted octanol–water partition coefficient (Wildman–Crippen LogP) is 2.34. The maximum Gasteiger partial charge on any atom is 0.322 e. The molecule has 0 aliphatic carbocycles. The van der Waals surface area contributed by atoms with Crippen LogP contribution >= 0.6 is 0 Å². The van der Waals surface area contributed by atoms with Gasteiger partial charge < -0.3 is 9.73 Å². The van der Waals surface area contributed by atoms with E-state index < -0.39 is 0 Å². The van der Waals surface area contributed by atoms with E-state index in [9.17, 15) is 0 Å². The van der Waals surface area contributed by atoms with Crippen molar-refractivity contribution in [3.8, 4) is 0 Å². The summed E-state index contributed by atoms with van der Waals surface area (Å²) in [6.07, 6.45) is 0. The molecule has 0 fully saturated rings. The molecule has 0 atom stereocenters. The smallest absolute Gasteiger partial charge is 0.322 e. The van der Waals surface area contributed by atoms with E-state index in [-0.39, 0.29) is 0 Å². The zero-order valence-corrected chi connectivity index (χ0v) is 10.8. The minimum absolute atomic E-state index is 0.539. The quantitative estimate of drug-likeness (QED) is 0.847. The van der Waals surface area contributed by atoms with Crippen LogP contribution in [0.1, 0.15) is 19.7 Å². The predicted molar refractivity (Wildman–Crippen MR) is 70.8 cm³/mol. The molecule has 1 N–H and O–H groups in total. The van der Waals surface area contributed by atoms with Crippen molar-refractivity contribution in [1.82, 2.24) is 15.5 Å². The molecule has 2 aromatic rings. The monoisotopic (exact) mass is 246 g/mol. The summed E-state index contributed by atoms with van der Waals surface area (Å²) < 4.78 is 5.63. The number of aromatic nitrogens is 2. The molecule has 18 heavy (non-hydrogen) atoms. The van der Waals surface area contributed by atoms with Gasteiger partial charge >= 0.3 is 6.01 Å². The highest BCUT2D eigenvalue weighted by atomic mass is 16.4. The Morgan fingerprint density at radius 3 is 2.61 bits per heavy atom. The number of hydrogen-bond acceptors (Lipinski definition) is 5. The van der Waals surface area contributed by atoms with Crippen LogP contribution in [0.4, 0.5) is 11.7 Å². The Morgan fingerprint density at radius 2 is 1.94 bits per heavy atom. The summed E-state index contributed by atoms with van der Waals surface area (Å²) in [7, 11) is 0. The van der Waals surface area contributed by atoms with Crippen molar-refractivity contribution in [3.05, 3.63) is 36.2 Å². The van der Waals surface area contributed by atoms with Crippen LogP contribution in [0, 0.1) is 0 Å². The standard InChI is InChI=1S/C13H18N4O/c1-3-14-10-12-15-16-13(18-12)17(4-2)11-8-6-5-7-9-11/h5-9,14H,3-4,10H2,1-2H3. The van der Waals surface area contributed by atoms with Gasteiger partial charge in [-0.3, -0.25) is 4.90 Å². The lowest BCUT2D eigenvalue weighted by atomic mass is 10.3. The van der Waals surface area contributed by atoms with Gasteiger partial charge in [-0.1, -0.05) is 30.2 Å². The molecule has 1 aromatic heterocycles. The fraction of sp³-hybridized carbons (Fsp3) is 0.385. The van der Waals surface area contributed by atoms with Crippen molar-refractivity contribution in [2.24, 2.45) is 0 Å². The van der Waals surface area contributed by atoms with Crippen LogP contribution in [0.2, 0.25) is 0 Å². The van der Waals surface area contributed by atoms with Gasteiger partial charge in [0.1, 0.15) is 0 Å². The molecule has 0 unspecified atom stereocenters. The van der Waals surface area contributed by atoms with E-state index >= 15 is 0 Å². The second-order valence-electron chi connectivity index (χ2n) is 3.84. The zero-order valence-electron chi connectivity index (χ0n) is 10.8. The van der Waals surface area contributed by atoms with Gasteiger partial charge in [-0.05, 0) is 25.6 Å². The Bertz CT molecular complexity index is 469. The van der Waals surface area contributed by atoms with Crippen LogP contribution in [0.15, 0.2) is 34.7 Å². The molecule has 0 spiro atoms. The summed E-state index contributed by atoms with van der Waals surface area (Å²) in [6.45, 7) is 6.37. The maximum absolute atomic E-state index is 5.63. The summed E-state index contributed by atoms with van der Waals surface area (Å²) in [5.74, 6) is 0.612. The Kier molecular flexibility index (Phi) is 4.30. The molecule has 1 heterocycles. The number of para-hydroxylation sites is 1. The van der Waals surface area contributed by atoms with Crippen molar-refractivity contribution in [2.75, 3.05) is 18.0 Å². The van der Waals surface area contributed by atoms with Gasteiger partial charge in [0, 0.05) is 12.2 Å². The van der Waals surface area contributed by atoms with Gasteiger partial charge in [-0.2, -0.15) is 0 Å². The Labute approximate surface area is 107 Å². The lowest BCUT2D eigenvalue weighted by Crippen LogP contribution is -2.16. The Balaban J connectivity index is 2.15. The van der Waals surface area contributed by atoms with Gasteiger partial charge in [-0.15, -0.1) is 5.10 Å². The molecular weight excluding hydrogens is 228 g/mol. The van der Waals surface area contributed by atoms with Gasteiger partial charge in [0.2, 0.25) is 5.89 Å². The lowest BCUT2D eigenvalue weighted by molar-refractivity contribution is 0.473. The third-order valence-electron chi connectivity index (χ3n) is 2.60. The SMILES string of the molecule is CCNCc1nnc(N(CC)c2ccccc2)o1. The number of hydrogen-bond donors (Lipinski definition) is 1. The molecule has 5 nitrogen and oxygen atoms in total. The summed E-state index contributed by atoms with van der Waals surface area (Å²) in [5.41, 5.74) is 1.05. The molecule has 5 heteroatoms. The summed E-state index contributed by atoms with van der Waals surface area (Å²) >= 11 is 0. The fourth-order valence-electron chi connectivity index (χ4n) is 1.69. The van der Waals surface area contributed by atoms with Crippen molar-refractivity contribution >= 4 is 11.7 Å². The van der Waals surface area contributed by atoms with Gasteiger partial charge in [0.05, 0.1) is 6.54 Å². The molecule has 2 rings (SSSR count). The molecule has 0 aliphatic heterocycles. The number of benzene rings is 1. The van der Waals surface area contributed by atoms with Crippen LogP contribution in [-0.2, 0) is 6.54 Å². The van der Waals surface area contributed by atoms with E-state index in [2.05, 4.69) is 22.4 Å². The van der Waals surface area contributed by atoms with Crippen molar-refractivity contribution in [3.63, 3.8) is 0 Å². The van der Waals surface area contributed by atoms with Crippen LogP contribution in [0.25, 0.3) is 0 Å². The van der Waals surface area contributed by atoms with Crippen LogP contribution in [0.3, 0.4) is 0 Å². The Morgan fingerprint density at radius 1 is 1.17 bits per heavy atom. The molecule has 0 amide bonds. The van der Waals surface area contributed by atoms with Crippen molar-refractivity contribution in [2.45, 2.75) is 20.4 Å². The van der Waals surface area contributed by atoms with E-state index in [4.69, 9.17) is 4.42 Å². The van der Waals surface area contributed by atoms with Gasteiger partial charge in [0.15, 0.2) is 0 Å². The molecule has 0 radical (unpaired) electrons. The minimum Gasteiger partial charge on any atom is -0.406 e. The Hall–Kier alpha value is -1.88. The van der Waals surface area contributed by atoms with Crippen molar-refractivity contribution < 1.29 is 4.42 Å². The summed E-state index contributed by atoms with van der Waals surface area (Å²) in [5, 5.41) is 11.3. The van der Waals surface area contributed by atoms with Crippen LogP contribution in [0.5, 0.6) is 0 Å². The van der Waals surface area contributed by atoms with Crippen LogP contribution in [-0.4, -0.2) is 23.3 Å². The molecule has 0 bridgehead atoms. The van der Waals surface area contributed by atoms with Crippen LogP contribution < -0.4 is 10.2 Å².